The molecule has 1 aromatic carbocycles. The van der Waals surface area contributed by atoms with Gasteiger partial charge in [0.1, 0.15) is 5.75 Å². The van der Waals surface area contributed by atoms with Crippen LogP contribution in [0.3, 0.4) is 0 Å². The van der Waals surface area contributed by atoms with Crippen LogP contribution in [0.4, 0.5) is 0 Å². The summed E-state index contributed by atoms with van der Waals surface area (Å²) in [6, 6.07) is 7.17. The molecule has 0 aromatic heterocycles. The van der Waals surface area contributed by atoms with E-state index in [1.807, 2.05) is 19.1 Å². The van der Waals surface area contributed by atoms with Gasteiger partial charge in [-0.15, -0.1) is 12.4 Å². The van der Waals surface area contributed by atoms with Crippen LogP contribution in [-0.4, -0.2) is 5.97 Å². The summed E-state index contributed by atoms with van der Waals surface area (Å²) < 4.78 is 4.91. The van der Waals surface area contributed by atoms with Crippen molar-refractivity contribution in [2.24, 2.45) is 5.73 Å². The second-order valence-electron chi connectivity index (χ2n) is 2.95. The van der Waals surface area contributed by atoms with Crippen molar-refractivity contribution in [1.82, 2.24) is 0 Å². The van der Waals surface area contributed by atoms with Crippen LogP contribution < -0.4 is 10.5 Å². The van der Waals surface area contributed by atoms with Gasteiger partial charge in [0.15, 0.2) is 0 Å². The number of carbonyl (C=O) groups is 1. The largest absolute Gasteiger partial charge is 0.427 e. The van der Waals surface area contributed by atoms with Crippen LogP contribution in [0.15, 0.2) is 24.3 Å². The highest BCUT2D eigenvalue weighted by Gasteiger charge is 2.02. The maximum absolute atomic E-state index is 10.6. The molecule has 3 nitrogen and oxygen atoms in total. The highest BCUT2D eigenvalue weighted by molar-refractivity contribution is 5.85. The third kappa shape index (κ3) is 3.77. The predicted octanol–water partition coefficient (Wildman–Crippen LogP) is 2.05. The predicted molar refractivity (Wildman–Crippen MR) is 57.6 cm³/mol. The first kappa shape index (κ1) is 12.9. The summed E-state index contributed by atoms with van der Waals surface area (Å²) in [5, 5.41) is 0. The molecule has 14 heavy (non-hydrogen) atoms. The molecule has 0 saturated heterocycles. The second-order valence-corrected chi connectivity index (χ2v) is 2.95. The zero-order chi connectivity index (χ0) is 9.84. The minimum absolute atomic E-state index is 0. The summed E-state index contributed by atoms with van der Waals surface area (Å²) in [5.41, 5.74) is 6.63. The summed E-state index contributed by atoms with van der Waals surface area (Å²) in [5.74, 6) is 0.226. The summed E-state index contributed by atoms with van der Waals surface area (Å²) in [6.07, 6.45) is 0. The molecule has 4 heteroatoms. The Morgan fingerprint density at radius 1 is 1.50 bits per heavy atom. The molecule has 1 aromatic rings. The fraction of sp³-hybridized carbons (Fsp3) is 0.300. The molecule has 0 heterocycles. The minimum Gasteiger partial charge on any atom is -0.427 e. The molecule has 2 N–H and O–H groups in total. The van der Waals surface area contributed by atoms with Crippen molar-refractivity contribution in [3.05, 3.63) is 29.8 Å². The van der Waals surface area contributed by atoms with Crippen molar-refractivity contribution < 1.29 is 9.53 Å². The van der Waals surface area contributed by atoms with E-state index in [0.717, 1.165) is 5.56 Å². The molecular weight excluding hydrogens is 202 g/mol. The Labute approximate surface area is 89.7 Å². The zero-order valence-corrected chi connectivity index (χ0v) is 9.01. The van der Waals surface area contributed by atoms with Gasteiger partial charge < -0.3 is 10.5 Å². The highest BCUT2D eigenvalue weighted by Crippen LogP contribution is 2.17. The number of hydrogen-bond donors (Lipinski definition) is 1. The van der Waals surface area contributed by atoms with E-state index in [0.29, 0.717) is 5.75 Å². The van der Waals surface area contributed by atoms with Gasteiger partial charge >= 0.3 is 5.97 Å². The lowest BCUT2D eigenvalue weighted by Crippen LogP contribution is -2.06. The number of benzene rings is 1. The first-order chi connectivity index (χ1) is 6.09. The molecule has 1 rings (SSSR count). The van der Waals surface area contributed by atoms with Crippen LogP contribution in [0, 0.1) is 0 Å². The molecule has 0 aliphatic heterocycles. The highest BCUT2D eigenvalue weighted by atomic mass is 35.5. The van der Waals surface area contributed by atoms with E-state index in [-0.39, 0.29) is 24.4 Å². The van der Waals surface area contributed by atoms with Crippen molar-refractivity contribution in [3.8, 4) is 5.75 Å². The van der Waals surface area contributed by atoms with E-state index in [9.17, 15) is 4.79 Å². The quantitative estimate of drug-likeness (QED) is 0.607. The van der Waals surface area contributed by atoms with Crippen LogP contribution in [-0.2, 0) is 4.79 Å². The van der Waals surface area contributed by atoms with E-state index < -0.39 is 0 Å². The van der Waals surface area contributed by atoms with Crippen molar-refractivity contribution in [2.45, 2.75) is 19.9 Å². The lowest BCUT2D eigenvalue weighted by Gasteiger charge is -2.07. The Hall–Kier alpha value is -1.06. The molecule has 0 saturated carbocycles. The number of rotatable bonds is 2. The fourth-order valence-corrected chi connectivity index (χ4v) is 1.03. The minimum atomic E-state index is -0.318. The first-order valence-electron chi connectivity index (χ1n) is 4.13. The Bertz CT molecular complexity index is 313. The Balaban J connectivity index is 0.00000169. The van der Waals surface area contributed by atoms with Crippen LogP contribution in [0.1, 0.15) is 25.5 Å². The van der Waals surface area contributed by atoms with Crippen LogP contribution in [0.25, 0.3) is 0 Å². The van der Waals surface area contributed by atoms with Crippen molar-refractivity contribution in [1.29, 1.82) is 0 Å². The van der Waals surface area contributed by atoms with E-state index in [4.69, 9.17) is 10.5 Å². The molecule has 0 amide bonds. The number of ether oxygens (including phenoxy) is 1. The number of halogens is 1. The molecular formula is C10H14ClNO2. The lowest BCUT2D eigenvalue weighted by molar-refractivity contribution is -0.131. The van der Waals surface area contributed by atoms with Gasteiger partial charge in [0.05, 0.1) is 0 Å². The summed E-state index contributed by atoms with van der Waals surface area (Å²) in [7, 11) is 0. The van der Waals surface area contributed by atoms with E-state index in [1.165, 1.54) is 6.92 Å². The van der Waals surface area contributed by atoms with Gasteiger partial charge in [-0.3, -0.25) is 4.79 Å². The zero-order valence-electron chi connectivity index (χ0n) is 8.19. The van der Waals surface area contributed by atoms with Crippen LogP contribution in [0.2, 0.25) is 0 Å². The Kier molecular flexibility index (Phi) is 5.20. The van der Waals surface area contributed by atoms with Crippen molar-refractivity contribution in [3.63, 3.8) is 0 Å². The van der Waals surface area contributed by atoms with Gasteiger partial charge in [-0.2, -0.15) is 0 Å². The average Bonchev–Trinajstić information content (AvgIpc) is 2.03. The van der Waals surface area contributed by atoms with E-state index in [1.54, 1.807) is 12.1 Å². The molecule has 0 bridgehead atoms. The second kappa shape index (κ2) is 5.62. The molecule has 0 spiro atoms. The normalized spacial score (nSPS) is 11.4. The van der Waals surface area contributed by atoms with Gasteiger partial charge in [0, 0.05) is 13.0 Å². The smallest absolute Gasteiger partial charge is 0.308 e. The monoisotopic (exact) mass is 215 g/mol. The standard InChI is InChI=1S/C10H13NO2.ClH/c1-7(11)9-4-3-5-10(6-9)13-8(2)12;/h3-7H,11H2,1-2H3;1H/t7-;/m0./s1. The molecule has 0 unspecified atom stereocenters. The molecule has 1 atom stereocenters. The first-order valence-corrected chi connectivity index (χ1v) is 4.13. The molecule has 0 fully saturated rings. The number of hydrogen-bond acceptors (Lipinski definition) is 3. The fourth-order valence-electron chi connectivity index (χ4n) is 1.03. The number of esters is 1. The number of nitrogens with two attached hydrogens (primary N) is 1. The van der Waals surface area contributed by atoms with Gasteiger partial charge in [-0.1, -0.05) is 12.1 Å². The van der Waals surface area contributed by atoms with Gasteiger partial charge in [-0.05, 0) is 24.6 Å². The topological polar surface area (TPSA) is 52.3 Å². The molecule has 78 valence electrons. The summed E-state index contributed by atoms with van der Waals surface area (Å²) >= 11 is 0. The number of carbonyl (C=O) groups excluding carboxylic acids is 1. The van der Waals surface area contributed by atoms with Gasteiger partial charge in [0.25, 0.3) is 0 Å². The van der Waals surface area contributed by atoms with Gasteiger partial charge in [-0.25, -0.2) is 0 Å². The Morgan fingerprint density at radius 3 is 2.64 bits per heavy atom. The SMILES string of the molecule is CC(=O)Oc1cccc([C@H](C)N)c1.Cl. The van der Waals surface area contributed by atoms with Crippen molar-refractivity contribution in [2.75, 3.05) is 0 Å². The molecule has 0 aliphatic rings. The van der Waals surface area contributed by atoms with E-state index in [2.05, 4.69) is 0 Å². The summed E-state index contributed by atoms with van der Waals surface area (Å²) in [4.78, 5) is 10.6. The summed E-state index contributed by atoms with van der Waals surface area (Å²) in [6.45, 7) is 3.26. The van der Waals surface area contributed by atoms with Crippen LogP contribution in [0.5, 0.6) is 5.75 Å². The Morgan fingerprint density at radius 2 is 2.14 bits per heavy atom. The average molecular weight is 216 g/mol. The molecule has 0 radical (unpaired) electrons. The van der Waals surface area contributed by atoms with E-state index >= 15 is 0 Å². The third-order valence-corrected chi connectivity index (χ3v) is 1.65. The van der Waals surface area contributed by atoms with Gasteiger partial charge in [0.2, 0.25) is 0 Å². The maximum Gasteiger partial charge on any atom is 0.308 e. The third-order valence-electron chi connectivity index (χ3n) is 1.65. The molecule has 0 aliphatic carbocycles. The van der Waals surface area contributed by atoms with Crippen LogP contribution >= 0.6 is 12.4 Å². The lowest BCUT2D eigenvalue weighted by atomic mass is 10.1. The van der Waals surface area contributed by atoms with Crippen molar-refractivity contribution >= 4 is 18.4 Å². The maximum atomic E-state index is 10.6.